The zero-order chi connectivity index (χ0) is 19.7. The SMILES string of the molecule is O=S(=O)(Nc1ccn(Cc2c(Cl)cccc2Cl)n1)c1cccc2cccnc12. The van der Waals surface area contributed by atoms with Gasteiger partial charge in [0.2, 0.25) is 0 Å². The first-order valence-corrected chi connectivity index (χ1v) is 10.5. The highest BCUT2D eigenvalue weighted by atomic mass is 35.5. The van der Waals surface area contributed by atoms with E-state index in [-0.39, 0.29) is 10.7 Å². The molecule has 4 aromatic rings. The van der Waals surface area contributed by atoms with Crippen molar-refractivity contribution in [1.82, 2.24) is 14.8 Å². The summed E-state index contributed by atoms with van der Waals surface area (Å²) < 4.78 is 29.8. The molecule has 0 atom stereocenters. The minimum atomic E-state index is -3.86. The van der Waals surface area contributed by atoms with Gasteiger partial charge in [0.15, 0.2) is 5.82 Å². The van der Waals surface area contributed by atoms with Crippen LogP contribution in [0.4, 0.5) is 5.82 Å². The van der Waals surface area contributed by atoms with Crippen molar-refractivity contribution in [3.8, 4) is 0 Å². The summed E-state index contributed by atoms with van der Waals surface area (Å²) in [6, 6.07) is 15.4. The van der Waals surface area contributed by atoms with Gasteiger partial charge in [-0.05, 0) is 24.3 Å². The van der Waals surface area contributed by atoms with E-state index in [0.29, 0.717) is 27.7 Å². The number of hydrogen-bond acceptors (Lipinski definition) is 4. The summed E-state index contributed by atoms with van der Waals surface area (Å²) in [6.45, 7) is 0.316. The second-order valence-electron chi connectivity index (χ2n) is 6.04. The molecule has 4 rings (SSSR count). The maximum atomic E-state index is 12.8. The van der Waals surface area contributed by atoms with Crippen molar-refractivity contribution in [2.24, 2.45) is 0 Å². The molecule has 0 bridgehead atoms. The van der Waals surface area contributed by atoms with Crippen molar-refractivity contribution in [1.29, 1.82) is 0 Å². The van der Waals surface area contributed by atoms with E-state index in [1.165, 1.54) is 6.07 Å². The fourth-order valence-corrected chi connectivity index (χ4v) is 4.53. The first-order chi connectivity index (χ1) is 13.4. The van der Waals surface area contributed by atoms with E-state index in [1.807, 2.05) is 12.1 Å². The number of benzene rings is 2. The Labute approximate surface area is 171 Å². The van der Waals surface area contributed by atoms with Crippen LogP contribution in [0.3, 0.4) is 0 Å². The quantitative estimate of drug-likeness (QED) is 0.500. The van der Waals surface area contributed by atoms with Gasteiger partial charge in [-0.2, -0.15) is 5.10 Å². The molecule has 2 heterocycles. The number of nitrogens with one attached hydrogen (secondary N) is 1. The van der Waals surface area contributed by atoms with Gasteiger partial charge >= 0.3 is 0 Å². The maximum absolute atomic E-state index is 12.8. The highest BCUT2D eigenvalue weighted by Crippen LogP contribution is 2.26. The van der Waals surface area contributed by atoms with Crippen molar-refractivity contribution in [2.75, 3.05) is 4.72 Å². The van der Waals surface area contributed by atoms with Gasteiger partial charge in [0.05, 0.1) is 12.1 Å². The lowest BCUT2D eigenvalue weighted by Crippen LogP contribution is -2.14. The fraction of sp³-hybridized carbons (Fsp3) is 0.0526. The van der Waals surface area contributed by atoms with E-state index >= 15 is 0 Å². The van der Waals surface area contributed by atoms with Crippen molar-refractivity contribution in [2.45, 2.75) is 11.4 Å². The molecule has 2 aromatic carbocycles. The topological polar surface area (TPSA) is 76.9 Å². The predicted molar refractivity (Wildman–Crippen MR) is 110 cm³/mol. The zero-order valence-electron chi connectivity index (χ0n) is 14.4. The summed E-state index contributed by atoms with van der Waals surface area (Å²) in [6.07, 6.45) is 3.21. The largest absolute Gasteiger partial charge is 0.266 e. The van der Waals surface area contributed by atoms with Crippen molar-refractivity contribution < 1.29 is 8.42 Å². The van der Waals surface area contributed by atoms with Crippen LogP contribution in [0.15, 0.2) is 71.9 Å². The molecule has 0 spiro atoms. The van der Waals surface area contributed by atoms with Crippen LogP contribution in [0.5, 0.6) is 0 Å². The Hall–Kier alpha value is -2.61. The minimum Gasteiger partial charge on any atom is -0.266 e. The van der Waals surface area contributed by atoms with Crippen LogP contribution in [0.1, 0.15) is 5.56 Å². The minimum absolute atomic E-state index is 0.0919. The summed E-state index contributed by atoms with van der Waals surface area (Å²) in [5.74, 6) is 0.191. The molecule has 0 aliphatic carbocycles. The molecule has 28 heavy (non-hydrogen) atoms. The zero-order valence-corrected chi connectivity index (χ0v) is 16.7. The van der Waals surface area contributed by atoms with Gasteiger partial charge in [0, 0.05) is 39.5 Å². The van der Waals surface area contributed by atoms with E-state index in [4.69, 9.17) is 23.2 Å². The van der Waals surface area contributed by atoms with Gasteiger partial charge in [0.1, 0.15) is 4.90 Å². The normalized spacial score (nSPS) is 11.6. The molecule has 9 heteroatoms. The van der Waals surface area contributed by atoms with Gasteiger partial charge in [-0.15, -0.1) is 0 Å². The molecule has 0 aliphatic rings. The molecule has 0 unspecified atom stereocenters. The summed E-state index contributed by atoms with van der Waals surface area (Å²) in [4.78, 5) is 4.29. The molecule has 6 nitrogen and oxygen atoms in total. The lowest BCUT2D eigenvalue weighted by Gasteiger charge is -2.09. The maximum Gasteiger partial charge on any atom is 0.265 e. The van der Waals surface area contributed by atoms with Crippen molar-refractivity contribution in [3.63, 3.8) is 0 Å². The van der Waals surface area contributed by atoms with Crippen LogP contribution in [0, 0.1) is 0 Å². The smallest absolute Gasteiger partial charge is 0.265 e. The van der Waals surface area contributed by atoms with E-state index in [1.54, 1.807) is 53.5 Å². The van der Waals surface area contributed by atoms with Crippen LogP contribution >= 0.6 is 23.2 Å². The molecule has 0 saturated carbocycles. The number of pyridine rings is 1. The molecule has 0 radical (unpaired) electrons. The predicted octanol–water partition coefficient (Wildman–Crippen LogP) is 4.59. The third-order valence-electron chi connectivity index (χ3n) is 4.15. The number of sulfonamides is 1. The highest BCUT2D eigenvalue weighted by molar-refractivity contribution is 7.93. The van der Waals surface area contributed by atoms with Crippen LogP contribution in [0.2, 0.25) is 10.0 Å². The standard InChI is InChI=1S/C19H14Cl2N4O2S/c20-15-6-2-7-16(21)14(15)12-25-11-9-18(23-25)24-28(26,27)17-8-1-4-13-5-3-10-22-19(13)17/h1-11H,12H2,(H,23,24). The Balaban J connectivity index is 1.61. The van der Waals surface area contributed by atoms with Crippen molar-refractivity contribution in [3.05, 3.63) is 82.6 Å². The van der Waals surface area contributed by atoms with Gasteiger partial charge < -0.3 is 0 Å². The van der Waals surface area contributed by atoms with Crippen LogP contribution < -0.4 is 4.72 Å². The Bertz CT molecular complexity index is 1250. The van der Waals surface area contributed by atoms with Crippen LogP contribution in [-0.4, -0.2) is 23.2 Å². The average Bonchev–Trinajstić information content (AvgIpc) is 3.10. The second-order valence-corrected chi connectivity index (χ2v) is 8.50. The first-order valence-electron chi connectivity index (χ1n) is 8.27. The number of rotatable bonds is 5. The summed E-state index contributed by atoms with van der Waals surface area (Å²) in [5, 5.41) is 6.05. The van der Waals surface area contributed by atoms with Gasteiger partial charge in [-0.1, -0.05) is 47.5 Å². The van der Waals surface area contributed by atoms with Gasteiger partial charge in [-0.3, -0.25) is 14.4 Å². The molecule has 142 valence electrons. The monoisotopic (exact) mass is 432 g/mol. The Morgan fingerprint density at radius 2 is 1.68 bits per heavy atom. The molecular weight excluding hydrogens is 419 g/mol. The average molecular weight is 433 g/mol. The highest BCUT2D eigenvalue weighted by Gasteiger charge is 2.19. The molecule has 2 aromatic heterocycles. The van der Waals surface area contributed by atoms with Gasteiger partial charge in [-0.25, -0.2) is 8.42 Å². The molecule has 1 N–H and O–H groups in total. The first kappa shape index (κ1) is 18.7. The van der Waals surface area contributed by atoms with Crippen LogP contribution in [0.25, 0.3) is 10.9 Å². The van der Waals surface area contributed by atoms with Crippen molar-refractivity contribution >= 4 is 49.9 Å². The summed E-state index contributed by atoms with van der Waals surface area (Å²) in [5.41, 5.74) is 1.11. The molecule has 0 saturated heterocycles. The van der Waals surface area contributed by atoms with E-state index < -0.39 is 10.0 Å². The molecule has 0 fully saturated rings. The number of anilines is 1. The molecular formula is C19H14Cl2N4O2S. The lowest BCUT2D eigenvalue weighted by molar-refractivity contribution is 0.601. The fourth-order valence-electron chi connectivity index (χ4n) is 2.84. The van der Waals surface area contributed by atoms with Crippen LogP contribution in [-0.2, 0) is 16.6 Å². The molecule has 0 amide bonds. The van der Waals surface area contributed by atoms with E-state index in [0.717, 1.165) is 5.39 Å². The summed E-state index contributed by atoms with van der Waals surface area (Å²) in [7, 11) is -3.86. The van der Waals surface area contributed by atoms with Gasteiger partial charge in [0.25, 0.3) is 10.0 Å². The number of fused-ring (bicyclic) bond motifs is 1. The number of halogens is 2. The summed E-state index contributed by atoms with van der Waals surface area (Å²) >= 11 is 12.4. The Morgan fingerprint density at radius 3 is 2.46 bits per heavy atom. The second kappa shape index (κ2) is 7.43. The Morgan fingerprint density at radius 1 is 0.964 bits per heavy atom. The molecule has 0 aliphatic heterocycles. The lowest BCUT2D eigenvalue weighted by atomic mass is 10.2. The third kappa shape index (κ3) is 3.69. The Kier molecular flexibility index (Phi) is 4.97. The number of aromatic nitrogens is 3. The van der Waals surface area contributed by atoms with E-state index in [2.05, 4.69) is 14.8 Å². The number of para-hydroxylation sites is 1. The van der Waals surface area contributed by atoms with E-state index in [9.17, 15) is 8.42 Å². The number of nitrogens with zero attached hydrogens (tertiary/aromatic N) is 3. The number of hydrogen-bond donors (Lipinski definition) is 1. The third-order valence-corrected chi connectivity index (χ3v) is 6.24.